The molecule has 2 N–H and O–H groups in total. The Labute approximate surface area is 110 Å². The van der Waals surface area contributed by atoms with Gasteiger partial charge >= 0.3 is 6.03 Å². The molecule has 0 aromatic heterocycles. The summed E-state index contributed by atoms with van der Waals surface area (Å²) >= 11 is 3.37. The molecule has 4 heteroatoms. The Balaban J connectivity index is 2.39. The van der Waals surface area contributed by atoms with Crippen LogP contribution in [-0.2, 0) is 0 Å². The van der Waals surface area contributed by atoms with Gasteiger partial charge in [0.1, 0.15) is 0 Å². The third kappa shape index (κ3) is 5.54. The molecule has 17 heavy (non-hydrogen) atoms. The second-order valence-corrected chi connectivity index (χ2v) is 4.73. The molecule has 0 aliphatic heterocycles. The molecule has 1 aromatic rings. The van der Waals surface area contributed by atoms with Crippen molar-refractivity contribution in [1.82, 2.24) is 10.6 Å². The van der Waals surface area contributed by atoms with E-state index in [1.165, 1.54) is 0 Å². The fourth-order valence-electron chi connectivity index (χ4n) is 1.15. The highest BCUT2D eigenvalue weighted by Crippen LogP contribution is 2.11. The molecular weight excluding hydrogens is 280 g/mol. The third-order valence-corrected chi connectivity index (χ3v) is 2.88. The molecule has 1 aromatic carbocycles. The normalized spacial score (nSPS) is 12.4. The first kappa shape index (κ1) is 13.8. The summed E-state index contributed by atoms with van der Waals surface area (Å²) in [6.45, 7) is 4.00. The number of rotatable bonds is 4. The lowest BCUT2D eigenvalue weighted by atomic mass is 10.2. The van der Waals surface area contributed by atoms with Crippen LogP contribution in [-0.4, -0.2) is 12.1 Å². The quantitative estimate of drug-likeness (QED) is 0.877. The molecule has 0 aliphatic carbocycles. The molecule has 2 amide bonds. The Morgan fingerprint density at radius 1 is 1.41 bits per heavy atom. The van der Waals surface area contributed by atoms with Crippen LogP contribution in [0, 0.1) is 0 Å². The molecule has 0 saturated heterocycles. The minimum Gasteiger partial charge on any atom is -0.335 e. The van der Waals surface area contributed by atoms with Crippen LogP contribution >= 0.6 is 15.9 Å². The number of nitrogens with one attached hydrogen (secondary N) is 2. The summed E-state index contributed by atoms with van der Waals surface area (Å²) in [5.74, 6) is 0. The van der Waals surface area contributed by atoms with E-state index in [2.05, 4.69) is 26.6 Å². The summed E-state index contributed by atoms with van der Waals surface area (Å²) in [6, 6.07) is 7.87. The lowest BCUT2D eigenvalue weighted by Gasteiger charge is -2.10. The molecule has 1 unspecified atom stereocenters. The van der Waals surface area contributed by atoms with Gasteiger partial charge < -0.3 is 10.6 Å². The van der Waals surface area contributed by atoms with Crippen LogP contribution in [0.5, 0.6) is 0 Å². The van der Waals surface area contributed by atoms with E-state index < -0.39 is 0 Å². The minimum absolute atomic E-state index is 0.173. The number of carbonyl (C=O) groups excluding carboxylic acids is 1. The maximum atomic E-state index is 11.4. The average molecular weight is 297 g/mol. The van der Waals surface area contributed by atoms with Crippen LogP contribution < -0.4 is 10.6 Å². The van der Waals surface area contributed by atoms with Crippen molar-refractivity contribution in [2.24, 2.45) is 0 Å². The monoisotopic (exact) mass is 296 g/mol. The zero-order valence-corrected chi connectivity index (χ0v) is 11.6. The van der Waals surface area contributed by atoms with Crippen molar-refractivity contribution in [3.63, 3.8) is 0 Å². The van der Waals surface area contributed by atoms with Gasteiger partial charge in [-0.05, 0) is 37.1 Å². The van der Waals surface area contributed by atoms with Gasteiger partial charge in [0, 0.05) is 16.7 Å². The van der Waals surface area contributed by atoms with Gasteiger partial charge in [0.05, 0.1) is 0 Å². The van der Waals surface area contributed by atoms with E-state index in [0.29, 0.717) is 0 Å². The number of carbonyl (C=O) groups is 1. The zero-order valence-electron chi connectivity index (χ0n) is 10.0. The summed E-state index contributed by atoms with van der Waals surface area (Å²) < 4.78 is 1.04. The summed E-state index contributed by atoms with van der Waals surface area (Å²) in [7, 11) is 0. The van der Waals surface area contributed by atoms with Crippen molar-refractivity contribution in [1.29, 1.82) is 0 Å². The molecule has 0 radical (unpaired) electrons. The molecule has 0 aliphatic rings. The lowest BCUT2D eigenvalue weighted by molar-refractivity contribution is 0.241. The number of hydrogen-bond donors (Lipinski definition) is 2. The van der Waals surface area contributed by atoms with Gasteiger partial charge in [0.2, 0.25) is 0 Å². The molecule has 0 fully saturated rings. The Morgan fingerprint density at radius 3 is 2.65 bits per heavy atom. The van der Waals surface area contributed by atoms with E-state index in [4.69, 9.17) is 0 Å². The third-order valence-electron chi connectivity index (χ3n) is 2.35. The predicted molar refractivity (Wildman–Crippen MR) is 74.6 cm³/mol. The van der Waals surface area contributed by atoms with Crippen LogP contribution in [0.3, 0.4) is 0 Å². The number of hydrogen-bond acceptors (Lipinski definition) is 1. The summed E-state index contributed by atoms with van der Waals surface area (Å²) in [4.78, 5) is 11.4. The molecule has 1 atom stereocenters. The van der Waals surface area contributed by atoms with E-state index in [1.807, 2.05) is 44.2 Å². The van der Waals surface area contributed by atoms with Crippen LogP contribution in [0.2, 0.25) is 0 Å². The SMILES string of the molecule is CCC(C)NC(=O)N/C=C/c1ccc(Br)cc1. The molecule has 1 rings (SSSR count). The highest BCUT2D eigenvalue weighted by atomic mass is 79.9. The minimum atomic E-state index is -0.173. The van der Waals surface area contributed by atoms with Gasteiger partial charge in [-0.1, -0.05) is 35.0 Å². The van der Waals surface area contributed by atoms with E-state index in [9.17, 15) is 4.79 Å². The topological polar surface area (TPSA) is 41.1 Å². The van der Waals surface area contributed by atoms with Gasteiger partial charge in [-0.25, -0.2) is 4.79 Å². The fourth-order valence-corrected chi connectivity index (χ4v) is 1.42. The van der Waals surface area contributed by atoms with E-state index >= 15 is 0 Å². The molecule has 92 valence electrons. The predicted octanol–water partition coefficient (Wildman–Crippen LogP) is 3.52. The van der Waals surface area contributed by atoms with Crippen molar-refractivity contribution >= 4 is 28.0 Å². The van der Waals surface area contributed by atoms with E-state index in [-0.39, 0.29) is 12.1 Å². The Hall–Kier alpha value is -1.29. The lowest BCUT2D eigenvalue weighted by Crippen LogP contribution is -2.38. The number of benzene rings is 1. The maximum absolute atomic E-state index is 11.4. The first-order valence-corrected chi connectivity index (χ1v) is 6.40. The highest BCUT2D eigenvalue weighted by molar-refractivity contribution is 9.10. The van der Waals surface area contributed by atoms with Gasteiger partial charge in [0.25, 0.3) is 0 Å². The first-order valence-electron chi connectivity index (χ1n) is 5.61. The van der Waals surface area contributed by atoms with Gasteiger partial charge in [-0.15, -0.1) is 0 Å². The zero-order chi connectivity index (χ0) is 12.7. The summed E-state index contributed by atoms with van der Waals surface area (Å²) in [6.07, 6.45) is 4.41. The summed E-state index contributed by atoms with van der Waals surface area (Å²) in [5.41, 5.74) is 1.04. The van der Waals surface area contributed by atoms with Crippen molar-refractivity contribution in [2.45, 2.75) is 26.3 Å². The molecule has 0 saturated carbocycles. The standard InChI is InChI=1S/C13H17BrN2O/c1-3-10(2)16-13(17)15-9-8-11-4-6-12(14)7-5-11/h4-10H,3H2,1-2H3,(H2,15,16,17)/b9-8+. The van der Waals surface area contributed by atoms with Crippen LogP contribution in [0.1, 0.15) is 25.8 Å². The van der Waals surface area contributed by atoms with Crippen LogP contribution in [0.4, 0.5) is 4.79 Å². The molecule has 3 nitrogen and oxygen atoms in total. The van der Waals surface area contributed by atoms with E-state index in [0.717, 1.165) is 16.5 Å². The van der Waals surface area contributed by atoms with Crippen LogP contribution in [0.15, 0.2) is 34.9 Å². The Kier molecular flexibility index (Phi) is 5.77. The van der Waals surface area contributed by atoms with Crippen molar-refractivity contribution in [2.75, 3.05) is 0 Å². The largest absolute Gasteiger partial charge is 0.335 e. The maximum Gasteiger partial charge on any atom is 0.318 e. The molecular formula is C13H17BrN2O. The van der Waals surface area contributed by atoms with Gasteiger partial charge in [0.15, 0.2) is 0 Å². The highest BCUT2D eigenvalue weighted by Gasteiger charge is 2.01. The van der Waals surface area contributed by atoms with Crippen molar-refractivity contribution < 1.29 is 4.79 Å². The Morgan fingerprint density at radius 2 is 2.06 bits per heavy atom. The van der Waals surface area contributed by atoms with Gasteiger partial charge in [-0.2, -0.15) is 0 Å². The average Bonchev–Trinajstić information content (AvgIpc) is 2.31. The fraction of sp³-hybridized carbons (Fsp3) is 0.308. The number of urea groups is 1. The van der Waals surface area contributed by atoms with E-state index in [1.54, 1.807) is 6.20 Å². The number of amides is 2. The first-order chi connectivity index (χ1) is 8.11. The second kappa shape index (κ2) is 7.12. The van der Waals surface area contributed by atoms with Crippen molar-refractivity contribution in [3.05, 3.63) is 40.5 Å². The summed E-state index contributed by atoms with van der Waals surface area (Å²) in [5, 5.41) is 5.48. The van der Waals surface area contributed by atoms with Crippen LogP contribution in [0.25, 0.3) is 6.08 Å². The molecule has 0 spiro atoms. The number of halogens is 1. The van der Waals surface area contributed by atoms with Gasteiger partial charge in [-0.3, -0.25) is 0 Å². The Bertz CT molecular complexity index is 387. The smallest absolute Gasteiger partial charge is 0.318 e. The molecule has 0 bridgehead atoms. The second-order valence-electron chi connectivity index (χ2n) is 3.81. The van der Waals surface area contributed by atoms with Crippen molar-refractivity contribution in [3.8, 4) is 0 Å². The molecule has 0 heterocycles.